The summed E-state index contributed by atoms with van der Waals surface area (Å²) in [5.74, 6) is 1.08. The molecule has 0 heterocycles. The molecule has 0 aromatic heterocycles. The molecule has 0 aliphatic heterocycles. The Labute approximate surface area is 279 Å². The van der Waals surface area contributed by atoms with Crippen molar-refractivity contribution in [3.05, 3.63) is 66.2 Å². The van der Waals surface area contributed by atoms with E-state index in [1.54, 1.807) is 30.3 Å². The molecule has 0 unspecified atom stereocenters. The van der Waals surface area contributed by atoms with Crippen LogP contribution in [0.25, 0.3) is 0 Å². The van der Waals surface area contributed by atoms with E-state index in [0.29, 0.717) is 67.6 Å². The van der Waals surface area contributed by atoms with Crippen molar-refractivity contribution in [2.24, 2.45) is 17.8 Å². The molecule has 254 valence electrons. The number of carbonyl (C=O) groups is 4. The number of hydrogen-bond acceptors (Lipinski definition) is 8. The Kier molecular flexibility index (Phi) is 14.5. The molecule has 4 rings (SSSR count). The first kappa shape index (κ1) is 35.9. The lowest BCUT2D eigenvalue weighted by atomic mass is 9.77. The topological polar surface area (TPSA) is 105 Å². The molecule has 2 aromatic rings. The van der Waals surface area contributed by atoms with E-state index >= 15 is 0 Å². The summed E-state index contributed by atoms with van der Waals surface area (Å²) in [5.41, 5.74) is 1.57. The summed E-state index contributed by atoms with van der Waals surface area (Å²) in [7, 11) is 0. The standard InChI is InChI=1S/C39H50O8/c1-3-9-28-10-12-29(13-11-28)32-18-23-36(33(26-32)27-40)47-39(43)31-16-14-30(15-17-31)38(42)46-35-21-19-34(20-22-35)44-24-7-5-6-8-25-45-37(41)4-2/h4,18-23,26-31H,2-3,5-17,24-25H2,1H3. The fourth-order valence-corrected chi connectivity index (χ4v) is 6.74. The largest absolute Gasteiger partial charge is 0.494 e. The minimum absolute atomic E-state index is 0.285. The number of ether oxygens (including phenoxy) is 4. The molecule has 8 heteroatoms. The van der Waals surface area contributed by atoms with Crippen molar-refractivity contribution in [2.45, 2.75) is 103 Å². The molecule has 2 saturated carbocycles. The molecular weight excluding hydrogens is 596 g/mol. The van der Waals surface area contributed by atoms with Gasteiger partial charge in [0.2, 0.25) is 0 Å². The quantitative estimate of drug-likeness (QED) is 0.0553. The summed E-state index contributed by atoms with van der Waals surface area (Å²) in [5, 5.41) is 0. The summed E-state index contributed by atoms with van der Waals surface area (Å²) in [6, 6.07) is 12.7. The highest BCUT2D eigenvalue weighted by molar-refractivity contribution is 5.84. The van der Waals surface area contributed by atoms with E-state index in [2.05, 4.69) is 13.5 Å². The van der Waals surface area contributed by atoms with Gasteiger partial charge in [0.25, 0.3) is 0 Å². The summed E-state index contributed by atoms with van der Waals surface area (Å²) in [6.07, 6.45) is 14.9. The molecule has 0 spiro atoms. The molecule has 2 fully saturated rings. The third-order valence-corrected chi connectivity index (χ3v) is 9.54. The van der Waals surface area contributed by atoms with Crippen LogP contribution in [0.3, 0.4) is 0 Å². The highest BCUT2D eigenvalue weighted by Gasteiger charge is 2.32. The van der Waals surface area contributed by atoms with Crippen molar-refractivity contribution in [3.63, 3.8) is 0 Å². The van der Waals surface area contributed by atoms with Crippen LogP contribution >= 0.6 is 0 Å². The predicted molar refractivity (Wildman–Crippen MR) is 180 cm³/mol. The molecule has 0 N–H and O–H groups in total. The zero-order chi connectivity index (χ0) is 33.4. The molecule has 0 bridgehead atoms. The van der Waals surface area contributed by atoms with Crippen LogP contribution < -0.4 is 14.2 Å². The molecule has 0 atom stereocenters. The lowest BCUT2D eigenvalue weighted by Crippen LogP contribution is -2.30. The van der Waals surface area contributed by atoms with Crippen LogP contribution in [-0.2, 0) is 19.1 Å². The first-order valence-corrected chi connectivity index (χ1v) is 17.4. The summed E-state index contributed by atoms with van der Waals surface area (Å²) in [6.45, 7) is 6.58. The van der Waals surface area contributed by atoms with E-state index < -0.39 is 5.97 Å². The highest BCUT2D eigenvalue weighted by atomic mass is 16.5. The number of carbonyl (C=O) groups excluding carboxylic acids is 4. The third kappa shape index (κ3) is 11.4. The molecule has 0 saturated heterocycles. The van der Waals surface area contributed by atoms with Crippen molar-refractivity contribution < 1.29 is 38.1 Å². The number of esters is 3. The van der Waals surface area contributed by atoms with E-state index in [0.717, 1.165) is 62.4 Å². The Bertz CT molecular complexity index is 1320. The molecule has 2 aliphatic rings. The Morgan fingerprint density at radius 3 is 2.00 bits per heavy atom. The van der Waals surface area contributed by atoms with Crippen LogP contribution in [0, 0.1) is 17.8 Å². The van der Waals surface area contributed by atoms with Crippen molar-refractivity contribution in [1.29, 1.82) is 0 Å². The van der Waals surface area contributed by atoms with E-state index in [9.17, 15) is 19.2 Å². The second-order valence-electron chi connectivity index (χ2n) is 12.9. The first-order valence-electron chi connectivity index (χ1n) is 17.4. The Balaban J connectivity index is 1.14. The van der Waals surface area contributed by atoms with E-state index in [1.165, 1.54) is 25.7 Å². The van der Waals surface area contributed by atoms with Gasteiger partial charge in [-0.15, -0.1) is 0 Å². The van der Waals surface area contributed by atoms with Crippen LogP contribution in [0.1, 0.15) is 119 Å². The summed E-state index contributed by atoms with van der Waals surface area (Å²) >= 11 is 0. The SMILES string of the molecule is C=CC(=O)OCCCCCCOc1ccc(OC(=O)C2CCC(C(=O)Oc3ccc(C4CCC(CCC)CC4)cc3C=O)CC2)cc1. The van der Waals surface area contributed by atoms with Gasteiger partial charge in [0.05, 0.1) is 30.6 Å². The van der Waals surface area contributed by atoms with Gasteiger partial charge in [0, 0.05) is 6.08 Å². The first-order chi connectivity index (χ1) is 22.9. The maximum absolute atomic E-state index is 13.0. The molecule has 47 heavy (non-hydrogen) atoms. The third-order valence-electron chi connectivity index (χ3n) is 9.54. The molecule has 0 radical (unpaired) electrons. The van der Waals surface area contributed by atoms with Gasteiger partial charge in [0.1, 0.15) is 17.2 Å². The Hall–Kier alpha value is -3.94. The van der Waals surface area contributed by atoms with E-state index in [-0.39, 0.29) is 23.8 Å². The Morgan fingerprint density at radius 2 is 1.38 bits per heavy atom. The fourth-order valence-electron chi connectivity index (χ4n) is 6.74. The highest BCUT2D eigenvalue weighted by Crippen LogP contribution is 2.39. The van der Waals surface area contributed by atoms with Crippen LogP contribution in [0.2, 0.25) is 0 Å². The lowest BCUT2D eigenvalue weighted by Gasteiger charge is -2.29. The van der Waals surface area contributed by atoms with Crippen molar-refractivity contribution in [1.82, 2.24) is 0 Å². The molecule has 0 amide bonds. The van der Waals surface area contributed by atoms with Crippen molar-refractivity contribution in [3.8, 4) is 17.2 Å². The minimum Gasteiger partial charge on any atom is -0.494 e. The van der Waals surface area contributed by atoms with Gasteiger partial charge in [-0.25, -0.2) is 4.79 Å². The molecule has 8 nitrogen and oxygen atoms in total. The number of unbranched alkanes of at least 4 members (excludes halogenated alkanes) is 3. The van der Waals surface area contributed by atoms with Gasteiger partial charge in [-0.1, -0.05) is 32.4 Å². The molecular formula is C39H50O8. The predicted octanol–water partition coefficient (Wildman–Crippen LogP) is 8.56. The van der Waals surface area contributed by atoms with Crippen LogP contribution in [0.5, 0.6) is 17.2 Å². The average molecular weight is 647 g/mol. The average Bonchev–Trinajstić information content (AvgIpc) is 3.10. The zero-order valence-electron chi connectivity index (χ0n) is 27.8. The van der Waals surface area contributed by atoms with Gasteiger partial charge < -0.3 is 18.9 Å². The van der Waals surface area contributed by atoms with Gasteiger partial charge in [-0.3, -0.25) is 14.4 Å². The number of benzene rings is 2. The number of rotatable bonds is 17. The lowest BCUT2D eigenvalue weighted by molar-refractivity contribution is -0.145. The Morgan fingerprint density at radius 1 is 0.766 bits per heavy atom. The maximum atomic E-state index is 13.0. The smallest absolute Gasteiger partial charge is 0.330 e. The molecule has 2 aromatic carbocycles. The van der Waals surface area contributed by atoms with Crippen LogP contribution in [0.4, 0.5) is 0 Å². The fraction of sp³-hybridized carbons (Fsp3) is 0.538. The monoisotopic (exact) mass is 646 g/mol. The molecule has 2 aliphatic carbocycles. The number of aldehydes is 1. The van der Waals surface area contributed by atoms with Crippen LogP contribution in [0.15, 0.2) is 55.1 Å². The zero-order valence-corrected chi connectivity index (χ0v) is 27.8. The van der Waals surface area contributed by atoms with Crippen molar-refractivity contribution >= 4 is 24.2 Å². The normalized spacial score (nSPS) is 20.9. The van der Waals surface area contributed by atoms with Gasteiger partial charge >= 0.3 is 17.9 Å². The second-order valence-corrected chi connectivity index (χ2v) is 12.9. The number of hydrogen-bond donors (Lipinski definition) is 0. The summed E-state index contributed by atoms with van der Waals surface area (Å²) in [4.78, 5) is 48.8. The van der Waals surface area contributed by atoms with Crippen molar-refractivity contribution in [2.75, 3.05) is 13.2 Å². The van der Waals surface area contributed by atoms with Gasteiger partial charge in [-0.05, 0) is 131 Å². The van der Waals surface area contributed by atoms with E-state index in [1.807, 2.05) is 12.1 Å². The van der Waals surface area contributed by atoms with Gasteiger partial charge in [-0.2, -0.15) is 0 Å². The summed E-state index contributed by atoms with van der Waals surface area (Å²) < 4.78 is 22.1. The minimum atomic E-state index is -0.394. The van der Waals surface area contributed by atoms with Crippen LogP contribution in [-0.4, -0.2) is 37.4 Å². The van der Waals surface area contributed by atoms with E-state index in [4.69, 9.17) is 18.9 Å². The maximum Gasteiger partial charge on any atom is 0.330 e. The second kappa shape index (κ2) is 19.0. The van der Waals surface area contributed by atoms with Gasteiger partial charge in [0.15, 0.2) is 6.29 Å².